The maximum atomic E-state index is 4.81. The Morgan fingerprint density at radius 3 is 2.45 bits per heavy atom. The van der Waals surface area contributed by atoms with Gasteiger partial charge in [0.15, 0.2) is 5.96 Å². The average molecular weight is 422 g/mol. The molecule has 4 nitrogen and oxygen atoms in total. The highest BCUT2D eigenvalue weighted by molar-refractivity contribution is 14.0. The zero-order chi connectivity index (χ0) is 15.2. The van der Waals surface area contributed by atoms with Gasteiger partial charge in [-0.05, 0) is 39.0 Å². The number of halogens is 1. The van der Waals surface area contributed by atoms with Crippen LogP contribution in [0.1, 0.15) is 59.8 Å². The molecule has 1 heterocycles. The summed E-state index contributed by atoms with van der Waals surface area (Å²) >= 11 is 0. The van der Waals surface area contributed by atoms with Crippen LogP contribution in [-0.2, 0) is 0 Å². The van der Waals surface area contributed by atoms with Crippen LogP contribution in [0.15, 0.2) is 4.99 Å². The van der Waals surface area contributed by atoms with E-state index in [-0.39, 0.29) is 24.0 Å². The molecular formula is C17H35IN4. The van der Waals surface area contributed by atoms with E-state index in [0.717, 1.165) is 31.1 Å². The maximum absolute atomic E-state index is 4.81. The third-order valence-corrected chi connectivity index (χ3v) is 4.99. The first-order chi connectivity index (χ1) is 10.2. The second-order valence-corrected chi connectivity index (χ2v) is 6.76. The predicted octanol–water partition coefficient (Wildman–Crippen LogP) is 3.22. The van der Waals surface area contributed by atoms with Gasteiger partial charge in [-0.3, -0.25) is 9.89 Å². The highest BCUT2D eigenvalue weighted by Gasteiger charge is 2.38. The van der Waals surface area contributed by atoms with Gasteiger partial charge in [0.05, 0.1) is 0 Å². The van der Waals surface area contributed by atoms with E-state index in [1.54, 1.807) is 0 Å². The lowest BCUT2D eigenvalue weighted by Gasteiger charge is -2.20. The van der Waals surface area contributed by atoms with E-state index in [0.29, 0.717) is 12.0 Å². The minimum atomic E-state index is 0. The van der Waals surface area contributed by atoms with Crippen molar-refractivity contribution in [2.75, 3.05) is 19.6 Å². The molecule has 130 valence electrons. The summed E-state index contributed by atoms with van der Waals surface area (Å²) in [5, 5.41) is 7.07. The second-order valence-electron chi connectivity index (χ2n) is 6.76. The molecule has 2 rings (SSSR count). The summed E-state index contributed by atoms with van der Waals surface area (Å²) in [6, 6.07) is 2.15. The van der Waals surface area contributed by atoms with E-state index in [1.165, 1.54) is 38.6 Å². The Morgan fingerprint density at radius 1 is 1.23 bits per heavy atom. The van der Waals surface area contributed by atoms with E-state index in [4.69, 9.17) is 4.99 Å². The number of guanidine groups is 1. The molecule has 5 heteroatoms. The molecule has 0 spiro atoms. The zero-order valence-corrected chi connectivity index (χ0v) is 17.1. The molecule has 0 aromatic carbocycles. The lowest BCUT2D eigenvalue weighted by atomic mass is 10.0. The molecule has 0 amide bonds. The predicted molar refractivity (Wildman–Crippen MR) is 106 cm³/mol. The van der Waals surface area contributed by atoms with E-state index in [9.17, 15) is 0 Å². The SMILES string of the molecule is CCNC(=NCC(CC)CC)NC1CC(C)N(C2CC2)C1.I. The van der Waals surface area contributed by atoms with Crippen LogP contribution in [0.25, 0.3) is 0 Å². The van der Waals surface area contributed by atoms with Crippen LogP contribution in [0, 0.1) is 5.92 Å². The molecular weight excluding hydrogens is 387 g/mol. The van der Waals surface area contributed by atoms with Gasteiger partial charge in [-0.1, -0.05) is 26.7 Å². The van der Waals surface area contributed by atoms with E-state index in [1.807, 2.05) is 0 Å². The van der Waals surface area contributed by atoms with Crippen molar-refractivity contribution in [1.82, 2.24) is 15.5 Å². The van der Waals surface area contributed by atoms with Crippen LogP contribution in [0.4, 0.5) is 0 Å². The summed E-state index contributed by atoms with van der Waals surface area (Å²) < 4.78 is 0. The standard InChI is InChI=1S/C17H34N4.HI/c1-5-14(6-2)11-19-17(18-7-3)20-15-10-13(4)21(12-15)16-8-9-16;/h13-16H,5-12H2,1-4H3,(H2,18,19,20);1H. The molecule has 2 fully saturated rings. The van der Waals surface area contributed by atoms with Crippen LogP contribution in [-0.4, -0.2) is 48.6 Å². The highest BCUT2D eigenvalue weighted by atomic mass is 127. The van der Waals surface area contributed by atoms with Crippen molar-refractivity contribution >= 4 is 29.9 Å². The highest BCUT2D eigenvalue weighted by Crippen LogP contribution is 2.33. The summed E-state index contributed by atoms with van der Waals surface area (Å²) in [6.45, 7) is 12.1. The monoisotopic (exact) mass is 422 g/mol. The Kier molecular flexibility index (Phi) is 9.05. The molecule has 2 aliphatic rings. The summed E-state index contributed by atoms with van der Waals surface area (Å²) in [5.41, 5.74) is 0. The van der Waals surface area contributed by atoms with Gasteiger partial charge in [0.1, 0.15) is 0 Å². The van der Waals surface area contributed by atoms with Gasteiger partial charge < -0.3 is 10.6 Å². The number of likely N-dealkylation sites (tertiary alicyclic amines) is 1. The number of hydrogen-bond acceptors (Lipinski definition) is 2. The molecule has 1 saturated carbocycles. The van der Waals surface area contributed by atoms with Crippen LogP contribution in [0.3, 0.4) is 0 Å². The van der Waals surface area contributed by atoms with Crippen molar-refractivity contribution in [3.05, 3.63) is 0 Å². The molecule has 0 aromatic heterocycles. The van der Waals surface area contributed by atoms with Crippen LogP contribution in [0.5, 0.6) is 0 Å². The zero-order valence-electron chi connectivity index (χ0n) is 14.8. The Bertz CT molecular complexity index is 340. The molecule has 1 saturated heterocycles. The van der Waals surface area contributed by atoms with Crippen molar-refractivity contribution in [2.24, 2.45) is 10.9 Å². The lowest BCUT2D eigenvalue weighted by Crippen LogP contribution is -2.45. The Balaban J connectivity index is 0.00000242. The summed E-state index contributed by atoms with van der Waals surface area (Å²) in [5.74, 6) is 1.73. The van der Waals surface area contributed by atoms with Gasteiger partial charge in [0.2, 0.25) is 0 Å². The van der Waals surface area contributed by atoms with Crippen molar-refractivity contribution in [3.8, 4) is 0 Å². The molecule has 2 unspecified atom stereocenters. The summed E-state index contributed by atoms with van der Waals surface area (Å²) in [7, 11) is 0. The van der Waals surface area contributed by atoms with Gasteiger partial charge in [-0.15, -0.1) is 24.0 Å². The fraction of sp³-hybridized carbons (Fsp3) is 0.941. The third-order valence-electron chi connectivity index (χ3n) is 4.99. The topological polar surface area (TPSA) is 39.7 Å². The summed E-state index contributed by atoms with van der Waals surface area (Å²) in [6.07, 6.45) is 6.48. The van der Waals surface area contributed by atoms with E-state index in [2.05, 4.69) is 43.2 Å². The minimum Gasteiger partial charge on any atom is -0.357 e. The van der Waals surface area contributed by atoms with Gasteiger partial charge in [0.25, 0.3) is 0 Å². The molecule has 22 heavy (non-hydrogen) atoms. The quantitative estimate of drug-likeness (QED) is 0.376. The maximum Gasteiger partial charge on any atom is 0.191 e. The summed E-state index contributed by atoms with van der Waals surface area (Å²) in [4.78, 5) is 7.49. The average Bonchev–Trinajstić information content (AvgIpc) is 3.24. The van der Waals surface area contributed by atoms with Crippen LogP contribution >= 0.6 is 24.0 Å². The number of rotatable bonds is 7. The third kappa shape index (κ3) is 5.87. The molecule has 1 aliphatic carbocycles. The fourth-order valence-corrected chi connectivity index (χ4v) is 3.36. The van der Waals surface area contributed by atoms with Gasteiger partial charge in [-0.25, -0.2) is 0 Å². The normalized spacial score (nSPS) is 26.1. The lowest BCUT2D eigenvalue weighted by molar-refractivity contribution is 0.256. The van der Waals surface area contributed by atoms with Gasteiger partial charge in [-0.2, -0.15) is 0 Å². The smallest absolute Gasteiger partial charge is 0.191 e. The number of hydrogen-bond donors (Lipinski definition) is 2. The molecule has 0 radical (unpaired) electrons. The van der Waals surface area contributed by atoms with E-state index >= 15 is 0 Å². The first kappa shape index (κ1) is 20.0. The molecule has 2 N–H and O–H groups in total. The Hall–Kier alpha value is -0.0400. The first-order valence-corrected chi connectivity index (χ1v) is 8.98. The van der Waals surface area contributed by atoms with Gasteiger partial charge in [0, 0.05) is 37.8 Å². The van der Waals surface area contributed by atoms with Crippen LogP contribution < -0.4 is 10.6 Å². The fourth-order valence-electron chi connectivity index (χ4n) is 3.36. The number of nitrogens with one attached hydrogen (secondary N) is 2. The van der Waals surface area contributed by atoms with Crippen molar-refractivity contribution in [3.63, 3.8) is 0 Å². The van der Waals surface area contributed by atoms with E-state index < -0.39 is 0 Å². The minimum absolute atomic E-state index is 0. The second kappa shape index (κ2) is 9.96. The largest absolute Gasteiger partial charge is 0.357 e. The van der Waals surface area contributed by atoms with Crippen LogP contribution in [0.2, 0.25) is 0 Å². The number of nitrogens with zero attached hydrogens (tertiary/aromatic N) is 2. The van der Waals surface area contributed by atoms with Crippen molar-refractivity contribution < 1.29 is 0 Å². The molecule has 2 atom stereocenters. The number of aliphatic imine (C=N–C) groups is 1. The Morgan fingerprint density at radius 2 is 1.91 bits per heavy atom. The molecule has 0 aromatic rings. The molecule has 0 bridgehead atoms. The van der Waals surface area contributed by atoms with Crippen molar-refractivity contribution in [2.45, 2.75) is 77.9 Å². The molecule has 1 aliphatic heterocycles. The van der Waals surface area contributed by atoms with Crippen molar-refractivity contribution in [1.29, 1.82) is 0 Å². The first-order valence-electron chi connectivity index (χ1n) is 8.98. The van der Waals surface area contributed by atoms with Gasteiger partial charge >= 0.3 is 0 Å². The Labute approximate surface area is 153 Å².